The van der Waals surface area contributed by atoms with Gasteiger partial charge >= 0.3 is 0 Å². The van der Waals surface area contributed by atoms with Gasteiger partial charge in [-0.3, -0.25) is 0 Å². The maximum absolute atomic E-state index is 6.06. The Hall–Kier alpha value is -0.540. The molecular formula is C14H21BrO2. The number of rotatable bonds is 6. The first-order chi connectivity index (χ1) is 8.10. The molecule has 2 unspecified atom stereocenters. The van der Waals surface area contributed by atoms with Crippen molar-refractivity contribution in [2.24, 2.45) is 5.92 Å². The molecule has 0 N–H and O–H groups in total. The fourth-order valence-electron chi connectivity index (χ4n) is 1.54. The monoisotopic (exact) mass is 300 g/mol. The summed E-state index contributed by atoms with van der Waals surface area (Å²) in [6, 6.07) is 8.00. The van der Waals surface area contributed by atoms with Crippen LogP contribution >= 0.6 is 15.9 Å². The van der Waals surface area contributed by atoms with Gasteiger partial charge in [-0.2, -0.15) is 0 Å². The largest absolute Gasteiger partial charge is 0.496 e. The second-order valence-corrected chi connectivity index (χ2v) is 5.12. The van der Waals surface area contributed by atoms with Gasteiger partial charge < -0.3 is 9.47 Å². The predicted octanol–water partition coefficient (Wildman–Crippen LogP) is 4.19. The molecule has 2 atom stereocenters. The highest BCUT2D eigenvalue weighted by Crippen LogP contribution is 2.30. The third-order valence-electron chi connectivity index (χ3n) is 2.94. The van der Waals surface area contributed by atoms with Crippen molar-refractivity contribution in [1.29, 1.82) is 0 Å². The summed E-state index contributed by atoms with van der Waals surface area (Å²) in [6.45, 7) is 6.44. The van der Waals surface area contributed by atoms with E-state index in [-0.39, 0.29) is 12.2 Å². The Bertz CT molecular complexity index is 339. The molecule has 0 heterocycles. The molecular weight excluding hydrogens is 280 g/mol. The van der Waals surface area contributed by atoms with Crippen molar-refractivity contribution >= 4 is 15.9 Å². The molecule has 0 radical (unpaired) electrons. The van der Waals surface area contributed by atoms with Gasteiger partial charge in [0.15, 0.2) is 0 Å². The van der Waals surface area contributed by atoms with E-state index in [9.17, 15) is 0 Å². The van der Waals surface area contributed by atoms with E-state index in [1.807, 2.05) is 18.2 Å². The fraction of sp³-hybridized carbons (Fsp3) is 0.571. The smallest absolute Gasteiger partial charge is 0.124 e. The number of halogens is 1. The van der Waals surface area contributed by atoms with Gasteiger partial charge in [-0.1, -0.05) is 48.0 Å². The number of alkyl halides is 1. The van der Waals surface area contributed by atoms with Crippen LogP contribution in [-0.2, 0) is 4.74 Å². The minimum atomic E-state index is 0.0311. The molecule has 1 aromatic carbocycles. The summed E-state index contributed by atoms with van der Waals surface area (Å²) in [5.74, 6) is 1.39. The van der Waals surface area contributed by atoms with E-state index in [0.717, 1.165) is 16.6 Å². The van der Waals surface area contributed by atoms with Gasteiger partial charge in [0, 0.05) is 10.9 Å². The third kappa shape index (κ3) is 4.00. The summed E-state index contributed by atoms with van der Waals surface area (Å²) < 4.78 is 11.4. The lowest BCUT2D eigenvalue weighted by atomic mass is 10.1. The van der Waals surface area contributed by atoms with Crippen LogP contribution < -0.4 is 4.74 Å². The summed E-state index contributed by atoms with van der Waals surface area (Å²) in [5, 5.41) is 0.768. The van der Waals surface area contributed by atoms with Crippen LogP contribution in [0.4, 0.5) is 0 Å². The Morgan fingerprint density at radius 1 is 1.18 bits per heavy atom. The Labute approximate surface area is 112 Å². The van der Waals surface area contributed by atoms with E-state index in [0.29, 0.717) is 5.92 Å². The first-order valence-corrected chi connectivity index (χ1v) is 7.06. The summed E-state index contributed by atoms with van der Waals surface area (Å²) in [4.78, 5) is 0. The molecule has 0 aromatic heterocycles. The van der Waals surface area contributed by atoms with Crippen molar-refractivity contribution in [2.45, 2.75) is 33.0 Å². The first-order valence-electron chi connectivity index (χ1n) is 5.94. The Morgan fingerprint density at radius 3 is 2.35 bits per heavy atom. The lowest BCUT2D eigenvalue weighted by Crippen LogP contribution is -2.20. The zero-order valence-electron chi connectivity index (χ0n) is 10.9. The minimum absolute atomic E-state index is 0.0311. The average molecular weight is 301 g/mol. The van der Waals surface area contributed by atoms with Gasteiger partial charge in [0.1, 0.15) is 5.75 Å². The number of hydrogen-bond acceptors (Lipinski definition) is 2. The molecule has 0 aliphatic heterocycles. The molecule has 1 rings (SSSR count). The van der Waals surface area contributed by atoms with Gasteiger partial charge in [0.05, 0.1) is 19.3 Å². The predicted molar refractivity (Wildman–Crippen MR) is 74.9 cm³/mol. The maximum Gasteiger partial charge on any atom is 0.124 e. The van der Waals surface area contributed by atoms with Gasteiger partial charge in [-0.05, 0) is 18.9 Å². The molecule has 0 bridgehead atoms. The summed E-state index contributed by atoms with van der Waals surface area (Å²) >= 11 is 3.51. The zero-order valence-corrected chi connectivity index (χ0v) is 12.5. The van der Waals surface area contributed by atoms with E-state index in [4.69, 9.17) is 9.47 Å². The number of para-hydroxylation sites is 1. The summed E-state index contributed by atoms with van der Waals surface area (Å²) in [6.07, 6.45) is 0.256. The van der Waals surface area contributed by atoms with Crippen LogP contribution in [0.5, 0.6) is 5.75 Å². The molecule has 0 aliphatic rings. The minimum Gasteiger partial charge on any atom is -0.496 e. The van der Waals surface area contributed by atoms with Crippen LogP contribution in [0.1, 0.15) is 32.4 Å². The van der Waals surface area contributed by atoms with Crippen LogP contribution in [0.2, 0.25) is 0 Å². The van der Waals surface area contributed by atoms with Crippen molar-refractivity contribution in [3.8, 4) is 5.75 Å². The third-order valence-corrected chi connectivity index (χ3v) is 3.53. The number of hydrogen-bond donors (Lipinski definition) is 0. The fourth-order valence-corrected chi connectivity index (χ4v) is 2.04. The number of benzene rings is 1. The number of ether oxygens (including phenoxy) is 2. The SMILES string of the molecule is COc1ccccc1C(CBr)OC(C)C(C)C. The van der Waals surface area contributed by atoms with E-state index in [2.05, 4.69) is 42.8 Å². The molecule has 0 saturated heterocycles. The highest BCUT2D eigenvalue weighted by molar-refractivity contribution is 9.09. The van der Waals surface area contributed by atoms with E-state index < -0.39 is 0 Å². The normalized spacial score (nSPS) is 14.7. The van der Waals surface area contributed by atoms with Crippen LogP contribution in [0.15, 0.2) is 24.3 Å². The van der Waals surface area contributed by atoms with Crippen molar-refractivity contribution in [3.05, 3.63) is 29.8 Å². The van der Waals surface area contributed by atoms with Crippen molar-refractivity contribution in [1.82, 2.24) is 0 Å². The Morgan fingerprint density at radius 2 is 1.82 bits per heavy atom. The highest BCUT2D eigenvalue weighted by Gasteiger charge is 2.19. The first kappa shape index (κ1) is 14.5. The Kier molecular flexibility index (Phi) is 6.00. The van der Waals surface area contributed by atoms with Gasteiger partial charge in [-0.15, -0.1) is 0 Å². The summed E-state index contributed by atoms with van der Waals surface area (Å²) in [7, 11) is 1.69. The van der Waals surface area contributed by atoms with E-state index in [1.165, 1.54) is 0 Å². The van der Waals surface area contributed by atoms with Gasteiger partial charge in [0.2, 0.25) is 0 Å². The standard InChI is InChI=1S/C14H21BrO2/c1-10(2)11(3)17-14(9-15)12-7-5-6-8-13(12)16-4/h5-8,10-11,14H,9H2,1-4H3. The topological polar surface area (TPSA) is 18.5 Å². The molecule has 0 amide bonds. The van der Waals surface area contributed by atoms with Crippen LogP contribution in [-0.4, -0.2) is 18.5 Å². The molecule has 0 saturated carbocycles. The molecule has 3 heteroatoms. The van der Waals surface area contributed by atoms with Crippen LogP contribution in [0, 0.1) is 5.92 Å². The van der Waals surface area contributed by atoms with Crippen molar-refractivity contribution in [2.75, 3.05) is 12.4 Å². The lowest BCUT2D eigenvalue weighted by molar-refractivity contribution is -0.0151. The van der Waals surface area contributed by atoms with E-state index >= 15 is 0 Å². The quantitative estimate of drug-likeness (QED) is 0.733. The second-order valence-electron chi connectivity index (χ2n) is 4.47. The molecule has 2 nitrogen and oxygen atoms in total. The van der Waals surface area contributed by atoms with E-state index in [1.54, 1.807) is 7.11 Å². The summed E-state index contributed by atoms with van der Waals surface area (Å²) in [5.41, 5.74) is 1.10. The molecule has 17 heavy (non-hydrogen) atoms. The average Bonchev–Trinajstić information content (AvgIpc) is 2.35. The van der Waals surface area contributed by atoms with Crippen molar-refractivity contribution < 1.29 is 9.47 Å². The highest BCUT2D eigenvalue weighted by atomic mass is 79.9. The number of methoxy groups -OCH3 is 1. The van der Waals surface area contributed by atoms with Crippen molar-refractivity contribution in [3.63, 3.8) is 0 Å². The van der Waals surface area contributed by atoms with Gasteiger partial charge in [-0.25, -0.2) is 0 Å². The zero-order chi connectivity index (χ0) is 12.8. The lowest BCUT2D eigenvalue weighted by Gasteiger charge is -2.24. The maximum atomic E-state index is 6.06. The molecule has 0 fully saturated rings. The molecule has 1 aromatic rings. The van der Waals surface area contributed by atoms with Crippen LogP contribution in [0.25, 0.3) is 0 Å². The molecule has 0 spiro atoms. The second kappa shape index (κ2) is 7.02. The van der Waals surface area contributed by atoms with Crippen LogP contribution in [0.3, 0.4) is 0 Å². The van der Waals surface area contributed by atoms with Gasteiger partial charge in [0.25, 0.3) is 0 Å². The molecule has 96 valence electrons. The Balaban J connectivity index is 2.86. The molecule has 0 aliphatic carbocycles.